The summed E-state index contributed by atoms with van der Waals surface area (Å²) >= 11 is 12.7. The molecule has 2 atom stereocenters. The second kappa shape index (κ2) is 15.6. The summed E-state index contributed by atoms with van der Waals surface area (Å²) in [7, 11) is -3.61. The van der Waals surface area contributed by atoms with Gasteiger partial charge in [0.05, 0.1) is 11.9 Å². The maximum Gasteiger partial charge on any atom is 0.243 e. The topological polar surface area (TPSA) is 86.8 Å². The van der Waals surface area contributed by atoms with Crippen LogP contribution in [0.4, 0.5) is 5.69 Å². The Kier molecular flexibility index (Phi) is 12.5. The number of anilines is 1. The Morgan fingerprint density at radius 3 is 2.30 bits per heavy atom. The molecule has 0 saturated heterocycles. The minimum atomic E-state index is -3.61. The van der Waals surface area contributed by atoms with Gasteiger partial charge in [-0.05, 0) is 74.1 Å². The van der Waals surface area contributed by atoms with Gasteiger partial charge in [-0.25, -0.2) is 8.42 Å². The normalized spacial score (nSPS) is 12.8. The van der Waals surface area contributed by atoms with Crippen molar-refractivity contribution in [2.45, 2.75) is 72.0 Å². The number of sulfonamides is 1. The molecule has 3 aromatic carbocycles. The number of carbonyl (C=O) groups is 2. The van der Waals surface area contributed by atoms with Crippen LogP contribution in [0.15, 0.2) is 66.7 Å². The van der Waals surface area contributed by atoms with Crippen molar-refractivity contribution >= 4 is 50.7 Å². The van der Waals surface area contributed by atoms with E-state index < -0.39 is 16.1 Å². The molecule has 0 aliphatic carbocycles. The highest BCUT2D eigenvalue weighted by molar-refractivity contribution is 7.92. The van der Waals surface area contributed by atoms with E-state index in [9.17, 15) is 18.0 Å². The van der Waals surface area contributed by atoms with E-state index in [4.69, 9.17) is 23.2 Å². The van der Waals surface area contributed by atoms with Crippen LogP contribution in [-0.4, -0.2) is 50.0 Å². The molecule has 0 spiro atoms. The third-order valence-electron chi connectivity index (χ3n) is 7.62. The molecule has 3 aromatic rings. The van der Waals surface area contributed by atoms with Crippen molar-refractivity contribution in [2.24, 2.45) is 0 Å². The predicted molar refractivity (Wildman–Crippen MR) is 176 cm³/mol. The molecule has 232 valence electrons. The van der Waals surface area contributed by atoms with Crippen molar-refractivity contribution in [3.05, 3.63) is 99.0 Å². The zero-order chi connectivity index (χ0) is 31.7. The Morgan fingerprint density at radius 1 is 0.977 bits per heavy atom. The Hall–Kier alpha value is -3.07. The first-order valence-corrected chi connectivity index (χ1v) is 17.0. The van der Waals surface area contributed by atoms with Gasteiger partial charge in [0.1, 0.15) is 6.04 Å². The van der Waals surface area contributed by atoms with Gasteiger partial charge in [-0.3, -0.25) is 13.9 Å². The lowest BCUT2D eigenvalue weighted by molar-refractivity contribution is -0.141. The summed E-state index contributed by atoms with van der Waals surface area (Å²) < 4.78 is 26.9. The first kappa shape index (κ1) is 34.4. The van der Waals surface area contributed by atoms with Crippen LogP contribution in [0, 0.1) is 13.8 Å². The summed E-state index contributed by atoms with van der Waals surface area (Å²) in [5.74, 6) is -0.537. The fourth-order valence-electron chi connectivity index (χ4n) is 4.82. The highest BCUT2D eigenvalue weighted by atomic mass is 35.5. The Bertz CT molecular complexity index is 1520. The molecule has 0 aliphatic rings. The molecule has 2 amide bonds. The monoisotopic (exact) mass is 645 g/mol. The van der Waals surface area contributed by atoms with E-state index >= 15 is 0 Å². The van der Waals surface area contributed by atoms with Gasteiger partial charge in [0.25, 0.3) is 0 Å². The third-order valence-corrected chi connectivity index (χ3v) is 9.39. The molecule has 1 N–H and O–H groups in total. The number of carbonyl (C=O) groups excluding carboxylic acids is 2. The largest absolute Gasteiger partial charge is 0.352 e. The van der Waals surface area contributed by atoms with Crippen molar-refractivity contribution in [3.8, 4) is 0 Å². The van der Waals surface area contributed by atoms with Crippen molar-refractivity contribution in [1.82, 2.24) is 10.2 Å². The summed E-state index contributed by atoms with van der Waals surface area (Å²) in [6.07, 6.45) is 2.50. The number of benzene rings is 3. The Labute approximate surface area is 266 Å². The van der Waals surface area contributed by atoms with Gasteiger partial charge in [0, 0.05) is 42.0 Å². The third kappa shape index (κ3) is 9.71. The summed E-state index contributed by atoms with van der Waals surface area (Å²) in [5, 5.41) is 3.91. The first-order chi connectivity index (χ1) is 20.3. The molecule has 0 heterocycles. The molecule has 0 bridgehead atoms. The number of hydrogen-bond acceptors (Lipinski definition) is 4. The lowest BCUT2D eigenvalue weighted by Crippen LogP contribution is -2.52. The van der Waals surface area contributed by atoms with E-state index in [2.05, 4.69) is 5.32 Å². The maximum absolute atomic E-state index is 14.0. The minimum Gasteiger partial charge on any atom is -0.352 e. The molecule has 0 aliphatic heterocycles. The first-order valence-electron chi connectivity index (χ1n) is 14.4. The van der Waals surface area contributed by atoms with E-state index in [0.29, 0.717) is 27.7 Å². The van der Waals surface area contributed by atoms with E-state index in [1.807, 2.05) is 70.2 Å². The average Bonchev–Trinajstić information content (AvgIpc) is 2.95. The van der Waals surface area contributed by atoms with Crippen LogP contribution in [0.25, 0.3) is 0 Å². The predicted octanol–water partition coefficient (Wildman–Crippen LogP) is 6.71. The molecular weight excluding hydrogens is 605 g/mol. The Morgan fingerprint density at radius 2 is 1.67 bits per heavy atom. The lowest BCUT2D eigenvalue weighted by Gasteiger charge is -2.33. The second-order valence-electron chi connectivity index (χ2n) is 10.9. The Balaban J connectivity index is 1.94. The van der Waals surface area contributed by atoms with E-state index in [1.165, 1.54) is 10.6 Å². The average molecular weight is 647 g/mol. The van der Waals surface area contributed by atoms with Crippen molar-refractivity contribution in [1.29, 1.82) is 0 Å². The molecule has 43 heavy (non-hydrogen) atoms. The smallest absolute Gasteiger partial charge is 0.243 e. The number of nitrogens with one attached hydrogen (secondary N) is 1. The quantitative estimate of drug-likeness (QED) is 0.211. The molecule has 10 heteroatoms. The maximum atomic E-state index is 14.0. The van der Waals surface area contributed by atoms with Crippen LogP contribution in [-0.2, 0) is 32.6 Å². The van der Waals surface area contributed by atoms with Crippen LogP contribution in [0.2, 0.25) is 10.0 Å². The SMILES string of the molecule is CC[C@H](C)NC(=O)[C@H](Cc1ccccc1)N(Cc1ccc(Cl)cc1Cl)C(=O)CCCN(c1cccc(C)c1C)S(C)(=O)=O. The van der Waals surface area contributed by atoms with Gasteiger partial charge in [-0.2, -0.15) is 0 Å². The molecule has 0 unspecified atom stereocenters. The molecule has 0 fully saturated rings. The van der Waals surface area contributed by atoms with Crippen LogP contribution in [0.1, 0.15) is 55.4 Å². The van der Waals surface area contributed by atoms with Crippen LogP contribution in [0.3, 0.4) is 0 Å². The van der Waals surface area contributed by atoms with E-state index in [0.717, 1.165) is 23.1 Å². The summed E-state index contributed by atoms with van der Waals surface area (Å²) in [6, 6.07) is 19.2. The zero-order valence-electron chi connectivity index (χ0n) is 25.4. The van der Waals surface area contributed by atoms with Gasteiger partial charge in [0.2, 0.25) is 21.8 Å². The highest BCUT2D eigenvalue weighted by Crippen LogP contribution is 2.27. The fraction of sp³-hybridized carbons (Fsp3) is 0.394. The fourth-order valence-corrected chi connectivity index (χ4v) is 6.30. The summed E-state index contributed by atoms with van der Waals surface area (Å²) in [6.45, 7) is 7.93. The van der Waals surface area contributed by atoms with Gasteiger partial charge in [-0.15, -0.1) is 0 Å². The summed E-state index contributed by atoms with van der Waals surface area (Å²) in [4.78, 5) is 29.3. The van der Waals surface area contributed by atoms with Crippen LogP contribution in [0.5, 0.6) is 0 Å². The number of nitrogens with zero attached hydrogens (tertiary/aromatic N) is 2. The summed E-state index contributed by atoms with van der Waals surface area (Å²) in [5.41, 5.74) is 3.99. The zero-order valence-corrected chi connectivity index (χ0v) is 27.8. The highest BCUT2D eigenvalue weighted by Gasteiger charge is 2.31. The van der Waals surface area contributed by atoms with Crippen LogP contribution < -0.4 is 9.62 Å². The lowest BCUT2D eigenvalue weighted by atomic mass is 10.0. The molecule has 0 aromatic heterocycles. The van der Waals surface area contributed by atoms with E-state index in [-0.39, 0.29) is 43.8 Å². The molecule has 7 nitrogen and oxygen atoms in total. The minimum absolute atomic E-state index is 0.0317. The molecule has 0 radical (unpaired) electrons. The number of amides is 2. The van der Waals surface area contributed by atoms with Crippen LogP contribution >= 0.6 is 23.2 Å². The van der Waals surface area contributed by atoms with Gasteiger partial charge in [-0.1, -0.05) is 78.7 Å². The number of aryl methyl sites for hydroxylation is 1. The van der Waals surface area contributed by atoms with Gasteiger partial charge >= 0.3 is 0 Å². The second-order valence-corrected chi connectivity index (χ2v) is 13.7. The number of hydrogen-bond donors (Lipinski definition) is 1. The van der Waals surface area contributed by atoms with Crippen molar-refractivity contribution in [3.63, 3.8) is 0 Å². The number of halogens is 2. The van der Waals surface area contributed by atoms with Gasteiger partial charge < -0.3 is 10.2 Å². The van der Waals surface area contributed by atoms with Crippen molar-refractivity contribution < 1.29 is 18.0 Å². The van der Waals surface area contributed by atoms with E-state index in [1.54, 1.807) is 29.2 Å². The molecule has 0 saturated carbocycles. The van der Waals surface area contributed by atoms with Crippen molar-refractivity contribution in [2.75, 3.05) is 17.1 Å². The van der Waals surface area contributed by atoms with Gasteiger partial charge in [0.15, 0.2) is 0 Å². The number of rotatable bonds is 14. The molecular formula is C33H41Cl2N3O4S. The molecule has 3 rings (SSSR count). The standard InChI is InChI=1S/C33H41Cl2N3O4S/c1-6-24(3)36-33(40)31(20-26-13-8-7-9-14-26)37(22-27-17-18-28(34)21-29(27)35)32(39)16-11-19-38(43(5,41)42)30-15-10-12-23(2)25(30)4/h7-10,12-15,17-18,21,24,31H,6,11,16,19-20,22H2,1-5H3,(H,36,40)/t24-,31-/m0/s1.